The van der Waals surface area contributed by atoms with E-state index in [2.05, 4.69) is 41.9 Å². The first-order chi connectivity index (χ1) is 12.5. The second-order valence-electron chi connectivity index (χ2n) is 7.82. The normalized spacial score (nSPS) is 18.2. The Morgan fingerprint density at radius 3 is 2.81 bits per heavy atom. The molecular formula is C19H25N5O2. The average molecular weight is 355 g/mol. The van der Waals surface area contributed by atoms with Crippen LogP contribution in [0.3, 0.4) is 0 Å². The summed E-state index contributed by atoms with van der Waals surface area (Å²) in [4.78, 5) is 2.31. The lowest BCUT2D eigenvalue weighted by atomic mass is 9.96. The van der Waals surface area contributed by atoms with Crippen molar-refractivity contribution in [2.24, 2.45) is 0 Å². The van der Waals surface area contributed by atoms with Gasteiger partial charge in [-0.05, 0) is 37.1 Å². The molecule has 4 rings (SSSR count). The van der Waals surface area contributed by atoms with Crippen LogP contribution in [-0.2, 0) is 16.8 Å². The van der Waals surface area contributed by atoms with Gasteiger partial charge in [-0.2, -0.15) is 4.52 Å². The van der Waals surface area contributed by atoms with Crippen LogP contribution in [0.25, 0.3) is 5.65 Å². The predicted molar refractivity (Wildman–Crippen MR) is 98.2 cm³/mol. The van der Waals surface area contributed by atoms with Crippen LogP contribution in [0.5, 0.6) is 0 Å². The molecule has 0 amide bonds. The summed E-state index contributed by atoms with van der Waals surface area (Å²) in [7, 11) is 1.68. The third-order valence-corrected chi connectivity index (χ3v) is 4.76. The highest BCUT2D eigenvalue weighted by atomic mass is 16.5. The Hall–Kier alpha value is -2.41. The number of rotatable bonds is 4. The molecule has 3 aromatic heterocycles. The Morgan fingerprint density at radius 2 is 2.04 bits per heavy atom. The standard InChI is InChI=1S/C19H25N5O2/c1-19(2,3)18-21-20-16-9-10-17(22-24(16)18)23-11-5-6-14(23)15-8-7-13(26-15)12-25-4/h7-10,14H,5-6,11-12H2,1-4H3. The topological polar surface area (TPSA) is 68.7 Å². The molecule has 1 aliphatic heterocycles. The van der Waals surface area contributed by atoms with Crippen molar-refractivity contribution in [1.29, 1.82) is 0 Å². The van der Waals surface area contributed by atoms with Gasteiger partial charge in [-0.3, -0.25) is 0 Å². The van der Waals surface area contributed by atoms with Gasteiger partial charge >= 0.3 is 0 Å². The van der Waals surface area contributed by atoms with Gasteiger partial charge in [0.2, 0.25) is 0 Å². The largest absolute Gasteiger partial charge is 0.461 e. The lowest BCUT2D eigenvalue weighted by Crippen LogP contribution is -2.25. The van der Waals surface area contributed by atoms with Crippen LogP contribution in [0.4, 0.5) is 5.82 Å². The monoisotopic (exact) mass is 355 g/mol. The number of hydrogen-bond acceptors (Lipinski definition) is 6. The van der Waals surface area contributed by atoms with Crippen molar-refractivity contribution in [1.82, 2.24) is 19.8 Å². The van der Waals surface area contributed by atoms with Gasteiger partial charge in [0.1, 0.15) is 23.9 Å². The molecule has 4 heterocycles. The van der Waals surface area contributed by atoms with E-state index in [1.165, 1.54) is 0 Å². The van der Waals surface area contributed by atoms with Crippen LogP contribution in [0.1, 0.15) is 57.0 Å². The summed E-state index contributed by atoms with van der Waals surface area (Å²) in [5, 5.41) is 13.4. The second-order valence-corrected chi connectivity index (χ2v) is 7.82. The number of hydrogen-bond donors (Lipinski definition) is 0. The number of methoxy groups -OCH3 is 1. The lowest BCUT2D eigenvalue weighted by molar-refractivity contribution is 0.162. The second kappa shape index (κ2) is 6.39. The summed E-state index contributed by atoms with van der Waals surface area (Å²) >= 11 is 0. The maximum Gasteiger partial charge on any atom is 0.178 e. The van der Waals surface area contributed by atoms with E-state index in [4.69, 9.17) is 14.3 Å². The molecule has 0 aromatic carbocycles. The van der Waals surface area contributed by atoms with Crippen LogP contribution in [0.2, 0.25) is 0 Å². The van der Waals surface area contributed by atoms with Crippen molar-refractivity contribution in [3.63, 3.8) is 0 Å². The Balaban J connectivity index is 1.69. The maximum absolute atomic E-state index is 5.98. The molecule has 1 fully saturated rings. The first kappa shape index (κ1) is 17.0. The molecule has 7 heteroatoms. The van der Waals surface area contributed by atoms with Crippen LogP contribution in [-0.4, -0.2) is 33.5 Å². The molecule has 7 nitrogen and oxygen atoms in total. The van der Waals surface area contributed by atoms with Gasteiger partial charge in [0.05, 0.1) is 6.04 Å². The summed E-state index contributed by atoms with van der Waals surface area (Å²) in [6.07, 6.45) is 2.16. The zero-order valence-electron chi connectivity index (χ0n) is 15.8. The molecule has 0 bridgehead atoms. The van der Waals surface area contributed by atoms with Crippen LogP contribution < -0.4 is 4.90 Å². The van der Waals surface area contributed by atoms with Gasteiger partial charge in [-0.1, -0.05) is 20.8 Å². The fourth-order valence-corrected chi connectivity index (χ4v) is 3.53. The molecule has 0 aliphatic carbocycles. The smallest absolute Gasteiger partial charge is 0.178 e. The third-order valence-electron chi connectivity index (χ3n) is 4.76. The fraction of sp³-hybridized carbons (Fsp3) is 0.526. The van der Waals surface area contributed by atoms with E-state index >= 15 is 0 Å². The highest BCUT2D eigenvalue weighted by molar-refractivity contribution is 5.48. The molecule has 0 spiro atoms. The number of aromatic nitrogens is 4. The molecule has 1 saturated heterocycles. The van der Waals surface area contributed by atoms with Gasteiger partial charge in [0.15, 0.2) is 11.5 Å². The van der Waals surface area contributed by atoms with Gasteiger partial charge in [-0.25, -0.2) is 0 Å². The van der Waals surface area contributed by atoms with Gasteiger partial charge in [0.25, 0.3) is 0 Å². The average Bonchev–Trinajstić information content (AvgIpc) is 3.32. The number of furan rings is 1. The third kappa shape index (κ3) is 2.96. The highest BCUT2D eigenvalue weighted by Crippen LogP contribution is 2.36. The van der Waals surface area contributed by atoms with Crippen LogP contribution in [0.15, 0.2) is 28.7 Å². The summed E-state index contributed by atoms with van der Waals surface area (Å²) in [6, 6.07) is 8.24. The van der Waals surface area contributed by atoms with E-state index in [1.807, 2.05) is 22.7 Å². The Kier molecular flexibility index (Phi) is 4.19. The zero-order valence-corrected chi connectivity index (χ0v) is 15.8. The maximum atomic E-state index is 5.98. The van der Waals surface area contributed by atoms with Crippen LogP contribution in [0, 0.1) is 0 Å². The lowest BCUT2D eigenvalue weighted by Gasteiger charge is -2.24. The number of nitrogens with zero attached hydrogens (tertiary/aromatic N) is 5. The minimum atomic E-state index is -0.120. The molecule has 26 heavy (non-hydrogen) atoms. The summed E-state index contributed by atoms with van der Waals surface area (Å²) < 4.78 is 13.0. The van der Waals surface area contributed by atoms with E-state index in [0.717, 1.165) is 48.2 Å². The minimum absolute atomic E-state index is 0.120. The van der Waals surface area contributed by atoms with E-state index in [-0.39, 0.29) is 11.5 Å². The van der Waals surface area contributed by atoms with Crippen molar-refractivity contribution in [3.05, 3.63) is 41.6 Å². The first-order valence-corrected chi connectivity index (χ1v) is 9.04. The number of anilines is 1. The van der Waals surface area contributed by atoms with Gasteiger partial charge in [0, 0.05) is 19.1 Å². The number of fused-ring (bicyclic) bond motifs is 1. The molecule has 3 aromatic rings. The van der Waals surface area contributed by atoms with Gasteiger partial charge < -0.3 is 14.1 Å². The Labute approximate surface area is 153 Å². The quantitative estimate of drug-likeness (QED) is 0.713. The van der Waals surface area contributed by atoms with Crippen molar-refractivity contribution < 1.29 is 9.15 Å². The SMILES string of the molecule is COCc1ccc(C2CCCN2c2ccc3nnc(C(C)(C)C)n3n2)o1. The van der Waals surface area contributed by atoms with Crippen LogP contribution >= 0.6 is 0 Å². The zero-order chi connectivity index (χ0) is 18.3. The molecule has 138 valence electrons. The van der Waals surface area contributed by atoms with Crippen molar-refractivity contribution in [2.45, 2.75) is 51.7 Å². The highest BCUT2D eigenvalue weighted by Gasteiger charge is 2.30. The van der Waals surface area contributed by atoms with Crippen molar-refractivity contribution in [2.75, 3.05) is 18.6 Å². The molecule has 0 saturated carbocycles. The van der Waals surface area contributed by atoms with Crippen molar-refractivity contribution in [3.8, 4) is 0 Å². The van der Waals surface area contributed by atoms with E-state index in [1.54, 1.807) is 7.11 Å². The first-order valence-electron chi connectivity index (χ1n) is 9.04. The van der Waals surface area contributed by atoms with E-state index in [9.17, 15) is 0 Å². The van der Waals surface area contributed by atoms with E-state index in [0.29, 0.717) is 6.61 Å². The summed E-state index contributed by atoms with van der Waals surface area (Å²) in [6.45, 7) is 7.81. The summed E-state index contributed by atoms with van der Waals surface area (Å²) in [5.74, 6) is 3.61. The Morgan fingerprint density at radius 1 is 1.19 bits per heavy atom. The molecule has 1 atom stereocenters. The minimum Gasteiger partial charge on any atom is -0.461 e. The van der Waals surface area contributed by atoms with Crippen molar-refractivity contribution >= 4 is 11.5 Å². The molecule has 0 radical (unpaired) electrons. The molecule has 0 N–H and O–H groups in total. The molecular weight excluding hydrogens is 330 g/mol. The Bertz CT molecular complexity index is 908. The number of ether oxygens (including phenoxy) is 1. The molecule has 1 unspecified atom stereocenters. The molecule has 1 aliphatic rings. The van der Waals surface area contributed by atoms with E-state index < -0.39 is 0 Å². The predicted octanol–water partition coefficient (Wildman–Crippen LogP) is 3.50. The fourth-order valence-electron chi connectivity index (χ4n) is 3.53. The van der Waals surface area contributed by atoms with Gasteiger partial charge in [-0.15, -0.1) is 15.3 Å². The summed E-state index contributed by atoms with van der Waals surface area (Å²) in [5.41, 5.74) is 0.653.